The van der Waals surface area contributed by atoms with Crippen LogP contribution in [0.3, 0.4) is 0 Å². The molecule has 1 saturated heterocycles. The van der Waals surface area contributed by atoms with Gasteiger partial charge in [0, 0.05) is 11.0 Å². The quantitative estimate of drug-likeness (QED) is 0.632. The first-order chi connectivity index (χ1) is 8.61. The van der Waals surface area contributed by atoms with E-state index >= 15 is 0 Å². The van der Waals surface area contributed by atoms with Crippen molar-refractivity contribution < 1.29 is 9.47 Å². The summed E-state index contributed by atoms with van der Waals surface area (Å²) in [5.74, 6) is 2.16. The fourth-order valence-corrected chi connectivity index (χ4v) is 1.62. The van der Waals surface area contributed by atoms with Crippen molar-refractivity contribution in [3.05, 3.63) is 29.8 Å². The Kier molecular flexibility index (Phi) is 6.85. The third kappa shape index (κ3) is 7.37. The lowest BCUT2D eigenvalue weighted by atomic mass is 10.2. The third-order valence-corrected chi connectivity index (χ3v) is 3.07. The Morgan fingerprint density at radius 1 is 1.39 bits per heavy atom. The lowest BCUT2D eigenvalue weighted by Crippen LogP contribution is -2.18. The first-order valence-electron chi connectivity index (χ1n) is 5.49. The fourth-order valence-electron chi connectivity index (χ4n) is 1.19. The third-order valence-electron chi connectivity index (χ3n) is 2.13. The van der Waals surface area contributed by atoms with Crippen LogP contribution in [0.15, 0.2) is 24.3 Å². The first-order valence-corrected chi connectivity index (χ1v) is 6.94. The summed E-state index contributed by atoms with van der Waals surface area (Å²) in [4.78, 5) is 0. The summed E-state index contributed by atoms with van der Waals surface area (Å²) < 4.78 is 10.6. The summed E-state index contributed by atoms with van der Waals surface area (Å²) in [5, 5.41) is 0.758. The van der Waals surface area contributed by atoms with Gasteiger partial charge in [0.05, 0.1) is 20.3 Å². The fraction of sp³-hybridized carbons (Fsp3) is 0.417. The molecule has 0 bridgehead atoms. The highest BCUT2D eigenvalue weighted by molar-refractivity contribution is 8.06. The minimum absolute atomic E-state index is 0.000000000000000222. The van der Waals surface area contributed by atoms with E-state index in [2.05, 4.69) is 23.7 Å². The SMILES string of the molecule is COc1ccc(COCC2CS2)cc1.NC(N)=S. The van der Waals surface area contributed by atoms with Gasteiger partial charge in [-0.15, -0.1) is 0 Å². The summed E-state index contributed by atoms with van der Waals surface area (Å²) >= 11 is 6.06. The summed E-state index contributed by atoms with van der Waals surface area (Å²) in [6.45, 7) is 1.59. The zero-order valence-electron chi connectivity index (χ0n) is 10.3. The number of hydrogen-bond acceptors (Lipinski definition) is 4. The highest BCUT2D eigenvalue weighted by Crippen LogP contribution is 2.30. The van der Waals surface area contributed by atoms with Crippen molar-refractivity contribution in [2.24, 2.45) is 11.5 Å². The van der Waals surface area contributed by atoms with Crippen LogP contribution in [0.1, 0.15) is 5.56 Å². The van der Waals surface area contributed by atoms with Crippen LogP contribution in [0.2, 0.25) is 0 Å². The van der Waals surface area contributed by atoms with Gasteiger partial charge in [-0.25, -0.2) is 0 Å². The molecule has 1 aromatic carbocycles. The average molecular weight is 286 g/mol. The van der Waals surface area contributed by atoms with Crippen LogP contribution >= 0.6 is 24.0 Å². The lowest BCUT2D eigenvalue weighted by Gasteiger charge is -2.04. The van der Waals surface area contributed by atoms with E-state index in [-0.39, 0.29) is 5.11 Å². The number of benzene rings is 1. The van der Waals surface area contributed by atoms with Crippen LogP contribution in [0, 0.1) is 0 Å². The molecule has 18 heavy (non-hydrogen) atoms. The van der Waals surface area contributed by atoms with Gasteiger partial charge in [0.1, 0.15) is 5.75 Å². The van der Waals surface area contributed by atoms with Crippen molar-refractivity contribution in [1.29, 1.82) is 0 Å². The van der Waals surface area contributed by atoms with E-state index < -0.39 is 0 Å². The van der Waals surface area contributed by atoms with Crippen molar-refractivity contribution >= 4 is 29.1 Å². The number of thioether (sulfide) groups is 1. The number of rotatable bonds is 5. The molecular weight excluding hydrogens is 268 g/mol. The van der Waals surface area contributed by atoms with E-state index in [9.17, 15) is 0 Å². The lowest BCUT2D eigenvalue weighted by molar-refractivity contribution is 0.128. The van der Waals surface area contributed by atoms with E-state index in [0.29, 0.717) is 6.61 Å². The van der Waals surface area contributed by atoms with Gasteiger partial charge in [0.15, 0.2) is 5.11 Å². The second kappa shape index (κ2) is 8.18. The molecule has 1 unspecified atom stereocenters. The number of nitrogens with two attached hydrogens (primary N) is 2. The van der Waals surface area contributed by atoms with Gasteiger partial charge >= 0.3 is 0 Å². The number of hydrogen-bond donors (Lipinski definition) is 2. The molecule has 100 valence electrons. The van der Waals surface area contributed by atoms with E-state index in [4.69, 9.17) is 9.47 Å². The van der Waals surface area contributed by atoms with Crippen LogP contribution in [0.25, 0.3) is 0 Å². The van der Waals surface area contributed by atoms with Gasteiger partial charge in [-0.3, -0.25) is 0 Å². The maximum Gasteiger partial charge on any atom is 0.160 e. The first kappa shape index (κ1) is 15.1. The van der Waals surface area contributed by atoms with Crippen LogP contribution in [0.4, 0.5) is 0 Å². The summed E-state index contributed by atoms with van der Waals surface area (Å²) in [6, 6.07) is 8.01. The van der Waals surface area contributed by atoms with Crippen LogP contribution < -0.4 is 16.2 Å². The molecule has 4 N–H and O–H groups in total. The van der Waals surface area contributed by atoms with Crippen molar-refractivity contribution in [2.45, 2.75) is 11.9 Å². The second-order valence-corrected chi connectivity index (χ2v) is 5.53. The number of thiocarbonyl (C=S) groups is 1. The molecule has 4 nitrogen and oxygen atoms in total. The Bertz CT molecular complexity index is 363. The summed E-state index contributed by atoms with van der Waals surface area (Å²) in [6.07, 6.45) is 0. The molecule has 1 aromatic rings. The van der Waals surface area contributed by atoms with Crippen LogP contribution in [-0.4, -0.2) is 29.8 Å². The number of methoxy groups -OCH3 is 1. The Morgan fingerprint density at radius 3 is 2.39 bits per heavy atom. The second-order valence-electron chi connectivity index (χ2n) is 3.72. The maximum absolute atomic E-state index is 5.56. The molecule has 6 heteroatoms. The molecular formula is C12H18N2O2S2. The molecule has 1 aliphatic heterocycles. The zero-order valence-corrected chi connectivity index (χ0v) is 11.9. The summed E-state index contributed by atoms with van der Waals surface area (Å²) in [7, 11) is 1.68. The summed E-state index contributed by atoms with van der Waals surface area (Å²) in [5.41, 5.74) is 10.4. The Labute approximate surface area is 117 Å². The molecule has 0 amide bonds. The van der Waals surface area contributed by atoms with Crippen molar-refractivity contribution in [2.75, 3.05) is 19.5 Å². The smallest absolute Gasteiger partial charge is 0.160 e. The largest absolute Gasteiger partial charge is 0.497 e. The minimum Gasteiger partial charge on any atom is -0.497 e. The number of ether oxygens (including phenoxy) is 2. The molecule has 0 radical (unpaired) electrons. The molecule has 1 heterocycles. The average Bonchev–Trinajstić information content (AvgIpc) is 3.13. The van der Waals surface area contributed by atoms with Crippen molar-refractivity contribution in [3.63, 3.8) is 0 Å². The molecule has 0 saturated carbocycles. The van der Waals surface area contributed by atoms with Gasteiger partial charge in [-0.1, -0.05) is 12.1 Å². The van der Waals surface area contributed by atoms with Gasteiger partial charge < -0.3 is 20.9 Å². The Balaban J connectivity index is 0.000000357. The van der Waals surface area contributed by atoms with Crippen LogP contribution in [0.5, 0.6) is 5.75 Å². The van der Waals surface area contributed by atoms with Crippen molar-refractivity contribution in [3.8, 4) is 5.75 Å². The Hall–Kier alpha value is -0.980. The van der Waals surface area contributed by atoms with Gasteiger partial charge in [0.2, 0.25) is 0 Å². The minimum atomic E-state index is 0.000000000000000222. The van der Waals surface area contributed by atoms with Crippen molar-refractivity contribution in [1.82, 2.24) is 0 Å². The van der Waals surface area contributed by atoms with Gasteiger partial charge in [-0.2, -0.15) is 11.8 Å². The topological polar surface area (TPSA) is 70.5 Å². The normalized spacial score (nSPS) is 16.4. The van der Waals surface area contributed by atoms with E-state index in [1.54, 1.807) is 7.11 Å². The molecule has 0 aliphatic carbocycles. The highest BCUT2D eigenvalue weighted by Gasteiger charge is 2.21. The molecule has 2 rings (SSSR count). The zero-order chi connectivity index (χ0) is 13.4. The Morgan fingerprint density at radius 2 is 1.94 bits per heavy atom. The molecule has 1 fully saturated rings. The predicted molar refractivity (Wildman–Crippen MR) is 79.9 cm³/mol. The molecule has 0 aromatic heterocycles. The van der Waals surface area contributed by atoms with E-state index in [1.165, 1.54) is 11.3 Å². The molecule has 1 aliphatic rings. The molecule has 1 atom stereocenters. The van der Waals surface area contributed by atoms with Gasteiger partial charge in [0.25, 0.3) is 0 Å². The maximum atomic E-state index is 5.56. The predicted octanol–water partition coefficient (Wildman–Crippen LogP) is 1.52. The van der Waals surface area contributed by atoms with Crippen LogP contribution in [-0.2, 0) is 11.3 Å². The van der Waals surface area contributed by atoms with E-state index in [1.807, 2.05) is 36.0 Å². The van der Waals surface area contributed by atoms with E-state index in [0.717, 1.165) is 17.6 Å². The van der Waals surface area contributed by atoms with Gasteiger partial charge in [-0.05, 0) is 29.9 Å². The standard InChI is InChI=1S/C11H14O2S.CH4N2S/c1-12-10-4-2-9(3-5-10)6-13-7-11-8-14-11;2-1(3)4/h2-5,11H,6-8H2,1H3;(H4,2,3,4). The monoisotopic (exact) mass is 286 g/mol. The highest BCUT2D eigenvalue weighted by atomic mass is 32.2. The molecule has 0 spiro atoms.